The summed E-state index contributed by atoms with van der Waals surface area (Å²) < 4.78 is 12.0. The number of rotatable bonds is 7. The van der Waals surface area contributed by atoms with Gasteiger partial charge < -0.3 is 15.2 Å². The summed E-state index contributed by atoms with van der Waals surface area (Å²) in [5.74, 6) is -0.0174. The number of ether oxygens (including phenoxy) is 2. The Morgan fingerprint density at radius 2 is 1.48 bits per heavy atom. The van der Waals surface area contributed by atoms with Gasteiger partial charge in [-0.05, 0) is 31.9 Å². The maximum absolute atomic E-state index is 13.2. The molecule has 6 heteroatoms. The van der Waals surface area contributed by atoms with E-state index in [0.717, 1.165) is 16.3 Å². The van der Waals surface area contributed by atoms with Crippen molar-refractivity contribution in [2.75, 3.05) is 13.2 Å². The Bertz CT molecular complexity index is 1260. The molecule has 4 rings (SSSR count). The van der Waals surface area contributed by atoms with E-state index in [1.54, 1.807) is 6.92 Å². The van der Waals surface area contributed by atoms with Gasteiger partial charge in [-0.15, -0.1) is 0 Å². The molecule has 6 nitrogen and oxygen atoms in total. The van der Waals surface area contributed by atoms with E-state index in [2.05, 4.69) is 0 Å². The minimum atomic E-state index is -0.595. The van der Waals surface area contributed by atoms with E-state index in [0.29, 0.717) is 47.2 Å². The SMILES string of the molecule is CCOC(=O)c1c(OC(CC)(CC)CN)c2ccccc2c2nc3ccccc3nc12. The molecule has 1 aromatic heterocycles. The van der Waals surface area contributed by atoms with Crippen LogP contribution in [-0.4, -0.2) is 34.7 Å². The highest BCUT2D eigenvalue weighted by Gasteiger charge is 2.32. The molecule has 0 saturated carbocycles. The van der Waals surface area contributed by atoms with E-state index in [-0.39, 0.29) is 6.61 Å². The lowest BCUT2D eigenvalue weighted by molar-refractivity contribution is 0.0487. The fraction of sp³-hybridized carbons (Fsp3) is 0.320. The van der Waals surface area contributed by atoms with Gasteiger partial charge in [0.05, 0.1) is 23.2 Å². The number of carbonyl (C=O) groups is 1. The Morgan fingerprint density at radius 1 is 0.903 bits per heavy atom. The van der Waals surface area contributed by atoms with Gasteiger partial charge in [0.2, 0.25) is 0 Å². The summed E-state index contributed by atoms with van der Waals surface area (Å²) in [4.78, 5) is 22.9. The molecule has 0 bridgehead atoms. The molecule has 160 valence electrons. The van der Waals surface area contributed by atoms with E-state index < -0.39 is 11.6 Å². The number of aromatic nitrogens is 2. The molecule has 0 aliphatic rings. The Morgan fingerprint density at radius 3 is 2.06 bits per heavy atom. The van der Waals surface area contributed by atoms with Crippen LogP contribution in [-0.2, 0) is 4.74 Å². The van der Waals surface area contributed by atoms with Crippen molar-refractivity contribution < 1.29 is 14.3 Å². The number of esters is 1. The zero-order valence-corrected chi connectivity index (χ0v) is 18.1. The molecule has 0 saturated heterocycles. The summed E-state index contributed by atoms with van der Waals surface area (Å²) >= 11 is 0. The second kappa shape index (κ2) is 8.47. The number of nitrogens with two attached hydrogens (primary N) is 1. The zero-order chi connectivity index (χ0) is 22.0. The lowest BCUT2D eigenvalue weighted by Gasteiger charge is -2.33. The van der Waals surface area contributed by atoms with E-state index in [1.807, 2.05) is 62.4 Å². The zero-order valence-electron chi connectivity index (χ0n) is 18.1. The molecule has 0 atom stereocenters. The molecule has 4 aromatic rings. The van der Waals surface area contributed by atoms with Crippen LogP contribution < -0.4 is 10.5 Å². The van der Waals surface area contributed by atoms with Crippen LogP contribution >= 0.6 is 0 Å². The highest BCUT2D eigenvalue weighted by Crippen LogP contribution is 2.40. The number of para-hydroxylation sites is 2. The molecule has 0 fully saturated rings. The number of hydrogen-bond acceptors (Lipinski definition) is 6. The summed E-state index contributed by atoms with van der Waals surface area (Å²) in [6, 6.07) is 15.4. The predicted molar refractivity (Wildman–Crippen MR) is 124 cm³/mol. The van der Waals surface area contributed by atoms with Crippen LogP contribution in [0.15, 0.2) is 48.5 Å². The van der Waals surface area contributed by atoms with E-state index in [9.17, 15) is 4.79 Å². The third-order valence-corrected chi connectivity index (χ3v) is 5.92. The third-order valence-electron chi connectivity index (χ3n) is 5.92. The van der Waals surface area contributed by atoms with Gasteiger partial charge in [0.25, 0.3) is 0 Å². The van der Waals surface area contributed by atoms with Crippen molar-refractivity contribution in [2.24, 2.45) is 5.73 Å². The highest BCUT2D eigenvalue weighted by molar-refractivity contribution is 6.18. The molecule has 0 radical (unpaired) electrons. The largest absolute Gasteiger partial charge is 0.484 e. The molecular formula is C25H27N3O3. The number of benzene rings is 3. The van der Waals surface area contributed by atoms with Gasteiger partial charge in [-0.3, -0.25) is 0 Å². The maximum atomic E-state index is 13.2. The number of hydrogen-bond donors (Lipinski definition) is 1. The van der Waals surface area contributed by atoms with Crippen LogP contribution in [0, 0.1) is 0 Å². The Hall–Kier alpha value is -3.25. The van der Waals surface area contributed by atoms with Gasteiger partial charge in [0.1, 0.15) is 22.4 Å². The Labute approximate surface area is 181 Å². The van der Waals surface area contributed by atoms with Crippen molar-refractivity contribution in [2.45, 2.75) is 39.2 Å². The molecule has 0 aliphatic carbocycles. The van der Waals surface area contributed by atoms with Crippen molar-refractivity contribution in [1.82, 2.24) is 9.97 Å². The van der Waals surface area contributed by atoms with Crippen LogP contribution in [0.4, 0.5) is 0 Å². The molecular weight excluding hydrogens is 390 g/mol. The van der Waals surface area contributed by atoms with Gasteiger partial charge in [0.15, 0.2) is 0 Å². The summed E-state index contributed by atoms with van der Waals surface area (Å²) in [6.07, 6.45) is 1.41. The van der Waals surface area contributed by atoms with Crippen molar-refractivity contribution in [3.05, 3.63) is 54.1 Å². The van der Waals surface area contributed by atoms with Crippen molar-refractivity contribution in [3.63, 3.8) is 0 Å². The van der Waals surface area contributed by atoms with Gasteiger partial charge >= 0.3 is 5.97 Å². The van der Waals surface area contributed by atoms with Crippen LogP contribution in [0.25, 0.3) is 32.8 Å². The molecule has 31 heavy (non-hydrogen) atoms. The monoisotopic (exact) mass is 417 g/mol. The maximum Gasteiger partial charge on any atom is 0.344 e. The molecule has 0 unspecified atom stereocenters. The molecule has 0 aliphatic heterocycles. The van der Waals surface area contributed by atoms with E-state index in [1.165, 1.54) is 0 Å². The number of fused-ring (bicyclic) bond motifs is 4. The van der Waals surface area contributed by atoms with Gasteiger partial charge in [-0.25, -0.2) is 14.8 Å². The first-order valence-electron chi connectivity index (χ1n) is 10.7. The second-order valence-electron chi connectivity index (χ2n) is 7.58. The predicted octanol–water partition coefficient (Wildman–Crippen LogP) is 5.01. The normalized spacial score (nSPS) is 11.9. The van der Waals surface area contributed by atoms with E-state index >= 15 is 0 Å². The lowest BCUT2D eigenvalue weighted by Crippen LogP contribution is -2.43. The molecule has 0 amide bonds. The van der Waals surface area contributed by atoms with Crippen LogP contribution in [0.2, 0.25) is 0 Å². The highest BCUT2D eigenvalue weighted by atomic mass is 16.5. The van der Waals surface area contributed by atoms with Crippen LogP contribution in [0.3, 0.4) is 0 Å². The Balaban J connectivity index is 2.16. The first-order chi connectivity index (χ1) is 15.1. The van der Waals surface area contributed by atoms with Gasteiger partial charge in [-0.1, -0.05) is 50.2 Å². The van der Waals surface area contributed by atoms with Crippen molar-refractivity contribution in [3.8, 4) is 5.75 Å². The fourth-order valence-corrected chi connectivity index (χ4v) is 3.93. The summed E-state index contributed by atoms with van der Waals surface area (Å²) in [5, 5.41) is 1.67. The molecule has 2 N–H and O–H groups in total. The number of nitrogens with zero attached hydrogens (tertiary/aromatic N) is 2. The quantitative estimate of drug-likeness (QED) is 0.258. The fourth-order valence-electron chi connectivity index (χ4n) is 3.93. The summed E-state index contributed by atoms with van der Waals surface area (Å²) in [5.41, 5.74) is 8.42. The standard InChI is InChI=1S/C25H27N3O3/c1-4-25(5-2,15-26)31-23-17-12-8-7-11-16(17)21-22(20(23)24(29)30-6-3)28-19-14-10-9-13-18(19)27-21/h7-14H,4-6,15,26H2,1-3H3. The average Bonchev–Trinajstić information content (AvgIpc) is 2.81. The van der Waals surface area contributed by atoms with Gasteiger partial charge in [0, 0.05) is 17.3 Å². The Kier molecular flexibility index (Phi) is 5.74. The third kappa shape index (κ3) is 3.57. The first-order valence-corrected chi connectivity index (χ1v) is 10.7. The average molecular weight is 418 g/mol. The second-order valence-corrected chi connectivity index (χ2v) is 7.58. The summed E-state index contributed by atoms with van der Waals surface area (Å²) in [7, 11) is 0. The first kappa shape index (κ1) is 21.0. The van der Waals surface area contributed by atoms with E-state index in [4.69, 9.17) is 25.2 Å². The van der Waals surface area contributed by atoms with Crippen LogP contribution in [0.5, 0.6) is 5.75 Å². The minimum absolute atomic E-state index is 0.247. The van der Waals surface area contributed by atoms with Crippen molar-refractivity contribution >= 4 is 38.8 Å². The van der Waals surface area contributed by atoms with Crippen LogP contribution in [0.1, 0.15) is 44.0 Å². The molecule has 1 heterocycles. The topological polar surface area (TPSA) is 87.3 Å². The lowest BCUT2D eigenvalue weighted by atomic mass is 9.95. The molecule has 3 aromatic carbocycles. The van der Waals surface area contributed by atoms with Gasteiger partial charge in [-0.2, -0.15) is 0 Å². The number of carbonyl (C=O) groups excluding carboxylic acids is 1. The molecule has 0 spiro atoms. The minimum Gasteiger partial charge on any atom is -0.484 e. The van der Waals surface area contributed by atoms with Crippen molar-refractivity contribution in [1.29, 1.82) is 0 Å². The smallest absolute Gasteiger partial charge is 0.344 e. The summed E-state index contributed by atoms with van der Waals surface area (Å²) in [6.45, 7) is 6.44.